The van der Waals surface area contributed by atoms with E-state index >= 15 is 0 Å². The standard InChI is InChI=1S/C27H23ClFN5O2S/c1-35-10-9-34-13-20-22(33-34)7-6-19-24-26(30-15-31-27(24)37-25(19)20)32-18-5-8-23(21(28)12-18)36-14-16-3-2-4-17(29)11-16/h2-5,8,11-13,15H,6-7,9-10,14H2,1H3,(H,30,31,32). The highest BCUT2D eigenvalue weighted by atomic mass is 35.5. The van der Waals surface area contributed by atoms with Crippen molar-refractivity contribution >= 4 is 44.7 Å². The van der Waals surface area contributed by atoms with E-state index in [0.29, 0.717) is 17.4 Å². The first-order chi connectivity index (χ1) is 18.1. The average Bonchev–Trinajstić information content (AvgIpc) is 3.48. The summed E-state index contributed by atoms with van der Waals surface area (Å²) in [6.45, 7) is 1.57. The van der Waals surface area contributed by atoms with Gasteiger partial charge in [0.15, 0.2) is 0 Å². The quantitative estimate of drug-likeness (QED) is 0.247. The van der Waals surface area contributed by atoms with Gasteiger partial charge in [-0.2, -0.15) is 5.10 Å². The van der Waals surface area contributed by atoms with E-state index in [2.05, 4.69) is 21.5 Å². The molecule has 0 amide bonds. The molecule has 188 valence electrons. The molecule has 0 saturated heterocycles. The summed E-state index contributed by atoms with van der Waals surface area (Å²) in [5.41, 5.74) is 5.03. The molecule has 0 aliphatic heterocycles. The van der Waals surface area contributed by atoms with Crippen LogP contribution in [0.4, 0.5) is 15.9 Å². The normalized spacial score (nSPS) is 12.4. The van der Waals surface area contributed by atoms with Crippen molar-refractivity contribution in [2.45, 2.75) is 26.0 Å². The number of nitrogens with one attached hydrogen (secondary N) is 1. The summed E-state index contributed by atoms with van der Waals surface area (Å²) in [5.74, 6) is 0.965. The minimum absolute atomic E-state index is 0.224. The van der Waals surface area contributed by atoms with E-state index in [1.807, 2.05) is 16.8 Å². The van der Waals surface area contributed by atoms with Gasteiger partial charge in [0.05, 0.1) is 29.3 Å². The maximum Gasteiger partial charge on any atom is 0.142 e. The highest BCUT2D eigenvalue weighted by Gasteiger charge is 2.26. The van der Waals surface area contributed by atoms with Gasteiger partial charge in [-0.3, -0.25) is 4.68 Å². The van der Waals surface area contributed by atoms with E-state index in [1.165, 1.54) is 22.6 Å². The lowest BCUT2D eigenvalue weighted by atomic mass is 9.95. The van der Waals surface area contributed by atoms with Crippen molar-refractivity contribution in [3.05, 3.63) is 82.6 Å². The minimum atomic E-state index is -0.297. The lowest BCUT2D eigenvalue weighted by Gasteiger charge is -2.13. The first kappa shape index (κ1) is 23.8. The summed E-state index contributed by atoms with van der Waals surface area (Å²) in [4.78, 5) is 11.2. The number of methoxy groups -OCH3 is 1. The molecule has 0 unspecified atom stereocenters. The van der Waals surface area contributed by atoms with Crippen LogP contribution in [0.15, 0.2) is 55.0 Å². The number of aromatic nitrogens is 4. The Morgan fingerprint density at radius 1 is 1.16 bits per heavy atom. The first-order valence-electron chi connectivity index (χ1n) is 11.8. The highest BCUT2D eigenvalue weighted by molar-refractivity contribution is 7.22. The van der Waals surface area contributed by atoms with Crippen LogP contribution in [-0.4, -0.2) is 33.5 Å². The second-order valence-electron chi connectivity index (χ2n) is 8.75. The van der Waals surface area contributed by atoms with Gasteiger partial charge in [0.25, 0.3) is 0 Å². The van der Waals surface area contributed by atoms with Gasteiger partial charge in [0.1, 0.15) is 35.1 Å². The summed E-state index contributed by atoms with van der Waals surface area (Å²) in [6, 6.07) is 11.8. The molecule has 0 bridgehead atoms. The number of hydrogen-bond acceptors (Lipinski definition) is 7. The number of anilines is 2. The number of benzene rings is 2. The van der Waals surface area contributed by atoms with Crippen molar-refractivity contribution in [1.82, 2.24) is 19.7 Å². The molecule has 10 heteroatoms. The summed E-state index contributed by atoms with van der Waals surface area (Å²) >= 11 is 8.18. The predicted octanol–water partition coefficient (Wildman–Crippen LogP) is 6.41. The molecule has 5 aromatic rings. The molecule has 1 aliphatic carbocycles. The Balaban J connectivity index is 1.26. The zero-order chi connectivity index (χ0) is 25.4. The number of fused-ring (bicyclic) bond motifs is 5. The number of thiophene rings is 1. The van der Waals surface area contributed by atoms with Gasteiger partial charge < -0.3 is 14.8 Å². The zero-order valence-corrected chi connectivity index (χ0v) is 21.6. The topological polar surface area (TPSA) is 74.1 Å². The van der Waals surface area contributed by atoms with Crippen molar-refractivity contribution < 1.29 is 13.9 Å². The van der Waals surface area contributed by atoms with Gasteiger partial charge in [-0.15, -0.1) is 11.3 Å². The molecule has 0 radical (unpaired) electrons. The molecule has 6 rings (SSSR count). The van der Waals surface area contributed by atoms with Crippen LogP contribution >= 0.6 is 22.9 Å². The van der Waals surface area contributed by atoms with Crippen molar-refractivity contribution in [1.29, 1.82) is 0 Å². The van der Waals surface area contributed by atoms with Gasteiger partial charge >= 0.3 is 0 Å². The SMILES string of the molecule is COCCn1cc2c(n1)CCc1c-2sc2ncnc(Nc3ccc(OCc4cccc(F)c4)c(Cl)c3)c12. The number of hydrogen-bond donors (Lipinski definition) is 1. The van der Waals surface area contributed by atoms with Gasteiger partial charge in [-0.05, 0) is 54.3 Å². The predicted molar refractivity (Wildman–Crippen MR) is 143 cm³/mol. The van der Waals surface area contributed by atoms with Crippen LogP contribution in [0.1, 0.15) is 16.8 Å². The highest BCUT2D eigenvalue weighted by Crippen LogP contribution is 2.45. The van der Waals surface area contributed by atoms with Crippen LogP contribution in [0, 0.1) is 5.82 Å². The zero-order valence-electron chi connectivity index (χ0n) is 20.0. The first-order valence-corrected chi connectivity index (χ1v) is 13.0. The van der Waals surface area contributed by atoms with Gasteiger partial charge in [0.2, 0.25) is 0 Å². The Hall–Kier alpha value is -3.53. The van der Waals surface area contributed by atoms with Gasteiger partial charge in [-0.1, -0.05) is 23.7 Å². The number of aryl methyl sites for hydroxylation is 2. The maximum absolute atomic E-state index is 13.4. The molecule has 0 fully saturated rings. The summed E-state index contributed by atoms with van der Waals surface area (Å²) < 4.78 is 26.4. The van der Waals surface area contributed by atoms with Crippen LogP contribution in [-0.2, 0) is 30.7 Å². The Bertz CT molecular complexity index is 1600. The molecule has 1 aliphatic rings. The lowest BCUT2D eigenvalue weighted by molar-refractivity contribution is 0.183. The van der Waals surface area contributed by atoms with Crippen molar-refractivity contribution in [3.8, 4) is 16.2 Å². The molecule has 7 nitrogen and oxygen atoms in total. The maximum atomic E-state index is 13.4. The molecule has 3 aromatic heterocycles. The minimum Gasteiger partial charge on any atom is -0.487 e. The van der Waals surface area contributed by atoms with Crippen molar-refractivity contribution in [2.75, 3.05) is 19.0 Å². The number of halogens is 2. The molecule has 0 atom stereocenters. The lowest BCUT2D eigenvalue weighted by Crippen LogP contribution is -2.05. The Kier molecular flexibility index (Phi) is 6.50. The fourth-order valence-corrected chi connectivity index (χ4v) is 6.00. The second kappa shape index (κ2) is 10.1. The molecular formula is C27H23ClFN5O2S. The monoisotopic (exact) mass is 535 g/mol. The number of ether oxygens (including phenoxy) is 2. The molecule has 37 heavy (non-hydrogen) atoms. The van der Waals surface area contributed by atoms with Crippen LogP contribution < -0.4 is 10.1 Å². The summed E-state index contributed by atoms with van der Waals surface area (Å²) in [7, 11) is 1.70. The van der Waals surface area contributed by atoms with Crippen molar-refractivity contribution in [3.63, 3.8) is 0 Å². The molecule has 2 aromatic carbocycles. The molecule has 0 spiro atoms. The Morgan fingerprint density at radius 2 is 2.08 bits per heavy atom. The fraction of sp³-hybridized carbons (Fsp3) is 0.222. The third kappa shape index (κ3) is 4.77. The molecule has 0 saturated carbocycles. The molecule has 1 N–H and O–H groups in total. The largest absolute Gasteiger partial charge is 0.487 e. The van der Waals surface area contributed by atoms with Gasteiger partial charge in [-0.25, -0.2) is 14.4 Å². The Morgan fingerprint density at radius 3 is 2.92 bits per heavy atom. The molecule has 3 heterocycles. The van der Waals surface area contributed by atoms with Crippen LogP contribution in [0.2, 0.25) is 5.02 Å². The van der Waals surface area contributed by atoms with E-state index in [1.54, 1.807) is 43.0 Å². The van der Waals surface area contributed by atoms with Gasteiger partial charge in [0, 0.05) is 29.4 Å². The third-order valence-electron chi connectivity index (χ3n) is 6.28. The molecular weight excluding hydrogens is 513 g/mol. The smallest absolute Gasteiger partial charge is 0.142 e. The van der Waals surface area contributed by atoms with Crippen LogP contribution in [0.25, 0.3) is 20.7 Å². The third-order valence-corrected chi connectivity index (χ3v) is 7.75. The summed E-state index contributed by atoms with van der Waals surface area (Å²) in [5, 5.41) is 9.65. The van der Waals surface area contributed by atoms with E-state index < -0.39 is 0 Å². The van der Waals surface area contributed by atoms with E-state index in [4.69, 9.17) is 26.2 Å². The van der Waals surface area contributed by atoms with E-state index in [9.17, 15) is 4.39 Å². The second-order valence-corrected chi connectivity index (χ2v) is 10.2. The van der Waals surface area contributed by atoms with Crippen molar-refractivity contribution in [2.24, 2.45) is 0 Å². The number of nitrogens with zero attached hydrogens (tertiary/aromatic N) is 4. The average molecular weight is 536 g/mol. The Labute approximate surface area is 221 Å². The van der Waals surface area contributed by atoms with E-state index in [-0.39, 0.29) is 12.4 Å². The van der Waals surface area contributed by atoms with E-state index in [0.717, 1.165) is 57.9 Å². The fourth-order valence-electron chi connectivity index (χ4n) is 4.54. The van der Waals surface area contributed by atoms with Crippen LogP contribution in [0.5, 0.6) is 5.75 Å². The number of rotatable bonds is 8. The van der Waals surface area contributed by atoms with Crippen LogP contribution in [0.3, 0.4) is 0 Å². The summed E-state index contributed by atoms with van der Waals surface area (Å²) in [6.07, 6.45) is 5.42.